The van der Waals surface area contributed by atoms with E-state index in [1.54, 1.807) is 17.4 Å². The number of phenols is 1. The topological polar surface area (TPSA) is 86.2 Å². The molecule has 0 aliphatic rings. The number of rotatable bonds is 7. The normalized spacial score (nSPS) is 11.1. The number of nitriles is 1. The molecule has 9 heteroatoms. The monoisotopic (exact) mass is 536 g/mol. The van der Waals surface area contributed by atoms with Crippen LogP contribution in [0.5, 0.6) is 5.75 Å². The van der Waals surface area contributed by atoms with Crippen LogP contribution in [0.15, 0.2) is 70.3 Å². The number of hydrogen-bond donors (Lipinski definition) is 2. The average molecular weight is 537 g/mol. The lowest BCUT2D eigenvalue weighted by atomic mass is 9.99. The third-order valence-electron chi connectivity index (χ3n) is 5.53. The summed E-state index contributed by atoms with van der Waals surface area (Å²) >= 11 is 10.6. The summed E-state index contributed by atoms with van der Waals surface area (Å²) < 4.78 is 2.10. The number of benzene rings is 2. The number of hydrogen-bond acceptors (Lipinski definition) is 6. The van der Waals surface area contributed by atoms with Gasteiger partial charge >= 0.3 is 5.97 Å². The van der Waals surface area contributed by atoms with Gasteiger partial charge in [0.1, 0.15) is 16.7 Å². The fraction of sp³-hybridized carbons (Fsp3) is 0.0769. The summed E-state index contributed by atoms with van der Waals surface area (Å²) in [6.45, 7) is 0. The molecule has 0 fully saturated rings. The number of carboxylic acid groups (broad SMARTS) is 1. The summed E-state index contributed by atoms with van der Waals surface area (Å²) in [5.74, 6) is -0.882. The largest absolute Gasteiger partial charge is 0.508 e. The first kappa shape index (κ1) is 23.5. The SMILES string of the molecule is N#Cc1sccc1-c1c(-c2cccs2)n(Sc2ccc(Cl)cc2)c2cc(CCC(=O)O)c(O)cc12. The van der Waals surface area contributed by atoms with Gasteiger partial charge in [0.2, 0.25) is 0 Å². The minimum atomic E-state index is -0.924. The van der Waals surface area contributed by atoms with Gasteiger partial charge < -0.3 is 10.2 Å². The molecule has 3 heterocycles. The van der Waals surface area contributed by atoms with Crippen LogP contribution in [0, 0.1) is 11.3 Å². The molecule has 2 N–H and O–H groups in total. The predicted molar refractivity (Wildman–Crippen MR) is 144 cm³/mol. The molecule has 2 aromatic carbocycles. The number of aryl methyl sites for hydroxylation is 1. The Kier molecular flexibility index (Phi) is 6.58. The van der Waals surface area contributed by atoms with Gasteiger partial charge in [-0.3, -0.25) is 8.77 Å². The molecule has 3 aromatic heterocycles. The van der Waals surface area contributed by atoms with E-state index in [0.29, 0.717) is 15.5 Å². The zero-order valence-corrected chi connectivity index (χ0v) is 21.3. The molecule has 174 valence electrons. The molecule has 0 amide bonds. The van der Waals surface area contributed by atoms with Gasteiger partial charge in [0.05, 0.1) is 16.1 Å². The molecule has 35 heavy (non-hydrogen) atoms. The third-order valence-corrected chi connectivity index (χ3v) is 8.53. The minimum absolute atomic E-state index is 0.0418. The quantitative estimate of drug-likeness (QED) is 0.221. The number of carbonyl (C=O) groups is 1. The van der Waals surface area contributed by atoms with Crippen molar-refractivity contribution in [2.45, 2.75) is 17.7 Å². The van der Waals surface area contributed by atoms with Gasteiger partial charge in [-0.25, -0.2) is 0 Å². The summed E-state index contributed by atoms with van der Waals surface area (Å²) in [5, 5.41) is 35.1. The maximum atomic E-state index is 11.2. The molecule has 0 unspecified atom stereocenters. The van der Waals surface area contributed by atoms with Gasteiger partial charge in [-0.2, -0.15) is 5.26 Å². The van der Waals surface area contributed by atoms with E-state index in [1.165, 1.54) is 23.3 Å². The van der Waals surface area contributed by atoms with Crippen LogP contribution in [0.2, 0.25) is 5.02 Å². The number of nitrogens with zero attached hydrogens (tertiary/aromatic N) is 2. The lowest BCUT2D eigenvalue weighted by Crippen LogP contribution is -1.98. The average Bonchev–Trinajstić information content (AvgIpc) is 3.58. The molecule has 5 rings (SSSR count). The second-order valence-electron chi connectivity index (χ2n) is 7.71. The van der Waals surface area contributed by atoms with E-state index in [9.17, 15) is 20.3 Å². The van der Waals surface area contributed by atoms with Crippen LogP contribution in [0.25, 0.3) is 32.6 Å². The van der Waals surface area contributed by atoms with Crippen LogP contribution < -0.4 is 0 Å². The molecule has 0 aliphatic carbocycles. The summed E-state index contributed by atoms with van der Waals surface area (Å²) in [6, 6.07) is 19.3. The molecular formula is C26H17ClN2O3S3. The first-order chi connectivity index (χ1) is 17.0. The van der Waals surface area contributed by atoms with Gasteiger partial charge in [0.25, 0.3) is 0 Å². The molecule has 0 aliphatic heterocycles. The molecule has 0 saturated heterocycles. The molecule has 0 radical (unpaired) electrons. The lowest BCUT2D eigenvalue weighted by Gasteiger charge is -2.11. The van der Waals surface area contributed by atoms with Gasteiger partial charge in [-0.1, -0.05) is 17.7 Å². The van der Waals surface area contributed by atoms with E-state index < -0.39 is 5.97 Å². The summed E-state index contributed by atoms with van der Waals surface area (Å²) in [5.41, 5.74) is 3.97. The zero-order chi connectivity index (χ0) is 24.5. The van der Waals surface area contributed by atoms with Crippen LogP contribution in [-0.2, 0) is 11.2 Å². The van der Waals surface area contributed by atoms with Crippen LogP contribution in [0.3, 0.4) is 0 Å². The number of fused-ring (bicyclic) bond motifs is 1. The maximum absolute atomic E-state index is 11.2. The Morgan fingerprint density at radius 1 is 1.11 bits per heavy atom. The van der Waals surface area contributed by atoms with Crippen molar-refractivity contribution in [1.82, 2.24) is 3.97 Å². The predicted octanol–water partition coefficient (Wildman–Crippen LogP) is 7.90. The summed E-state index contributed by atoms with van der Waals surface area (Å²) in [7, 11) is 0. The first-order valence-electron chi connectivity index (χ1n) is 10.5. The van der Waals surface area contributed by atoms with Crippen LogP contribution in [0.1, 0.15) is 16.9 Å². The summed E-state index contributed by atoms with van der Waals surface area (Å²) in [4.78, 5) is 13.8. The van der Waals surface area contributed by atoms with Crippen molar-refractivity contribution < 1.29 is 15.0 Å². The van der Waals surface area contributed by atoms with Crippen LogP contribution in [0.4, 0.5) is 0 Å². The number of aromatic nitrogens is 1. The van der Waals surface area contributed by atoms with Gasteiger partial charge in [-0.05, 0) is 83.2 Å². The van der Waals surface area contributed by atoms with Gasteiger partial charge in [-0.15, -0.1) is 22.7 Å². The molecule has 0 bridgehead atoms. The van der Waals surface area contributed by atoms with Crippen molar-refractivity contribution in [2.75, 3.05) is 0 Å². The highest BCUT2D eigenvalue weighted by Gasteiger charge is 2.25. The molecular weight excluding hydrogens is 520 g/mol. The molecule has 0 saturated carbocycles. The number of phenolic OH excluding ortho intramolecular Hbond substituents is 1. The van der Waals surface area contributed by atoms with E-state index in [4.69, 9.17) is 11.6 Å². The zero-order valence-electron chi connectivity index (χ0n) is 18.1. The highest BCUT2D eigenvalue weighted by molar-refractivity contribution is 7.98. The van der Waals surface area contributed by atoms with E-state index in [0.717, 1.165) is 37.5 Å². The second kappa shape index (κ2) is 9.80. The molecule has 0 spiro atoms. The number of aliphatic carboxylic acids is 1. The molecule has 5 aromatic rings. The van der Waals surface area contributed by atoms with Crippen molar-refractivity contribution >= 4 is 63.1 Å². The first-order valence-corrected chi connectivity index (χ1v) is 13.4. The number of aromatic hydroxyl groups is 1. The highest BCUT2D eigenvalue weighted by atomic mass is 35.5. The van der Waals surface area contributed by atoms with Crippen LogP contribution in [-0.4, -0.2) is 20.2 Å². The fourth-order valence-electron chi connectivity index (χ4n) is 3.98. The van der Waals surface area contributed by atoms with Gasteiger partial charge in [0.15, 0.2) is 0 Å². The van der Waals surface area contributed by atoms with Crippen molar-refractivity contribution in [3.8, 4) is 33.5 Å². The number of carboxylic acids is 1. The van der Waals surface area contributed by atoms with Crippen LogP contribution >= 0.6 is 46.2 Å². The third kappa shape index (κ3) is 4.56. The van der Waals surface area contributed by atoms with Crippen molar-refractivity contribution in [2.24, 2.45) is 0 Å². The van der Waals surface area contributed by atoms with E-state index in [1.807, 2.05) is 59.3 Å². The van der Waals surface area contributed by atoms with Crippen molar-refractivity contribution in [3.05, 3.63) is 80.8 Å². The highest BCUT2D eigenvalue weighted by Crippen LogP contribution is 2.48. The Balaban J connectivity index is 1.84. The fourth-order valence-corrected chi connectivity index (χ4v) is 6.62. The maximum Gasteiger partial charge on any atom is 0.303 e. The standard InChI is InChI=1S/C26H17ClN2O3S3/c27-16-4-6-17(7-5-16)35-29-20-12-15(3-8-24(31)32)21(30)13-19(20)25(18-9-11-34-23(18)14-28)26(29)22-2-1-10-33-22/h1-2,4-7,9-13,30H,3,8H2,(H,31,32). The Morgan fingerprint density at radius 2 is 1.91 bits per heavy atom. The Hall–Kier alpha value is -3.22. The Bertz CT molecular complexity index is 1580. The van der Waals surface area contributed by atoms with Crippen molar-refractivity contribution in [3.63, 3.8) is 0 Å². The summed E-state index contributed by atoms with van der Waals surface area (Å²) in [6.07, 6.45) is 0.122. The molecule has 5 nitrogen and oxygen atoms in total. The minimum Gasteiger partial charge on any atom is -0.508 e. The van der Waals surface area contributed by atoms with E-state index in [-0.39, 0.29) is 18.6 Å². The number of thiophene rings is 2. The van der Waals surface area contributed by atoms with Crippen molar-refractivity contribution in [1.29, 1.82) is 5.26 Å². The Labute approximate surface area is 218 Å². The second-order valence-corrected chi connectivity index (χ2v) is 11.0. The van der Waals surface area contributed by atoms with E-state index in [2.05, 4.69) is 10.0 Å². The number of halogens is 1. The van der Waals surface area contributed by atoms with Gasteiger partial charge in [0, 0.05) is 32.9 Å². The van der Waals surface area contributed by atoms with E-state index >= 15 is 0 Å². The molecule has 0 atom stereocenters. The lowest BCUT2D eigenvalue weighted by molar-refractivity contribution is -0.136. The Morgan fingerprint density at radius 3 is 2.60 bits per heavy atom. The smallest absolute Gasteiger partial charge is 0.303 e.